The Morgan fingerprint density at radius 2 is 1.76 bits per heavy atom. The summed E-state index contributed by atoms with van der Waals surface area (Å²) in [4.78, 5) is 4.79. The summed E-state index contributed by atoms with van der Waals surface area (Å²) in [6, 6.07) is 0. The maximum Gasteiger partial charge on any atom is 0.154 e. The van der Waals surface area contributed by atoms with E-state index in [2.05, 4.69) is 16.7 Å². The van der Waals surface area contributed by atoms with Crippen LogP contribution in [-0.2, 0) is 0 Å². The van der Waals surface area contributed by atoms with Crippen LogP contribution >= 0.6 is 0 Å². The van der Waals surface area contributed by atoms with Gasteiger partial charge in [-0.25, -0.2) is 4.39 Å². The van der Waals surface area contributed by atoms with Gasteiger partial charge in [-0.3, -0.25) is 4.90 Å². The molecule has 4 aliphatic rings. The molecule has 2 nitrogen and oxygen atoms in total. The Bertz CT molecular complexity index is 275. The van der Waals surface area contributed by atoms with Crippen molar-refractivity contribution < 1.29 is 4.39 Å². The first-order valence-corrected chi connectivity index (χ1v) is 7.33. The van der Waals surface area contributed by atoms with E-state index in [1.54, 1.807) is 0 Å². The highest BCUT2D eigenvalue weighted by Crippen LogP contribution is 2.42. The van der Waals surface area contributed by atoms with Crippen molar-refractivity contribution in [3.63, 3.8) is 0 Å². The minimum absolute atomic E-state index is 0.130. The predicted molar refractivity (Wildman–Crippen MR) is 67.6 cm³/mol. The Labute approximate surface area is 104 Å². The maximum atomic E-state index is 14.2. The van der Waals surface area contributed by atoms with Crippen LogP contribution in [-0.4, -0.2) is 47.8 Å². The van der Waals surface area contributed by atoms with Crippen LogP contribution in [0.5, 0.6) is 0 Å². The maximum absolute atomic E-state index is 14.2. The first kappa shape index (κ1) is 11.9. The molecule has 2 bridgehead atoms. The fourth-order valence-corrected chi connectivity index (χ4v) is 4.21. The molecule has 3 heteroatoms. The van der Waals surface area contributed by atoms with Crippen LogP contribution in [0, 0.1) is 5.92 Å². The van der Waals surface area contributed by atoms with Crippen LogP contribution in [0.4, 0.5) is 4.39 Å². The number of halogens is 1. The van der Waals surface area contributed by atoms with E-state index < -0.39 is 6.30 Å². The lowest BCUT2D eigenvalue weighted by molar-refractivity contribution is -0.0663. The molecule has 0 aliphatic carbocycles. The summed E-state index contributed by atoms with van der Waals surface area (Å²) < 4.78 is 14.2. The number of fused-ring (bicyclic) bond motifs is 4. The van der Waals surface area contributed by atoms with Crippen molar-refractivity contribution in [1.82, 2.24) is 9.80 Å². The zero-order valence-corrected chi connectivity index (χ0v) is 11.0. The van der Waals surface area contributed by atoms with Gasteiger partial charge >= 0.3 is 0 Å². The molecule has 4 heterocycles. The van der Waals surface area contributed by atoms with Gasteiger partial charge in [0.2, 0.25) is 0 Å². The van der Waals surface area contributed by atoms with Gasteiger partial charge in [-0.05, 0) is 71.0 Å². The number of alkyl halides is 1. The summed E-state index contributed by atoms with van der Waals surface area (Å²) in [5.74, 6) is 0.720. The van der Waals surface area contributed by atoms with Crippen LogP contribution in [0.2, 0.25) is 0 Å². The predicted octanol–water partition coefficient (Wildman–Crippen LogP) is 2.64. The summed E-state index contributed by atoms with van der Waals surface area (Å²) in [6.45, 7) is 6.98. The molecule has 0 saturated carbocycles. The highest BCUT2D eigenvalue weighted by molar-refractivity contribution is 5.00. The minimum Gasteiger partial charge on any atom is -0.303 e. The average molecular weight is 240 g/mol. The fraction of sp³-hybridized carbons (Fsp3) is 1.00. The number of piperidine rings is 2. The fourth-order valence-electron chi connectivity index (χ4n) is 4.21. The Balaban J connectivity index is 1.82. The Morgan fingerprint density at radius 1 is 1.00 bits per heavy atom. The van der Waals surface area contributed by atoms with E-state index in [9.17, 15) is 4.39 Å². The zero-order chi connectivity index (χ0) is 11.9. The van der Waals surface area contributed by atoms with E-state index >= 15 is 0 Å². The molecule has 0 N–H and O–H groups in total. The summed E-state index contributed by atoms with van der Waals surface area (Å²) in [5, 5.41) is 0. The van der Waals surface area contributed by atoms with Crippen LogP contribution in [0.1, 0.15) is 45.4 Å². The van der Waals surface area contributed by atoms with Gasteiger partial charge in [0.15, 0.2) is 6.30 Å². The lowest BCUT2D eigenvalue weighted by Crippen LogP contribution is -2.56. The van der Waals surface area contributed by atoms with Crippen LogP contribution in [0.15, 0.2) is 0 Å². The lowest BCUT2D eigenvalue weighted by atomic mass is 9.77. The van der Waals surface area contributed by atoms with Crippen molar-refractivity contribution in [3.8, 4) is 0 Å². The first-order valence-electron chi connectivity index (χ1n) is 7.33. The Morgan fingerprint density at radius 3 is 2.47 bits per heavy atom. The Hall–Kier alpha value is -0.150. The third kappa shape index (κ3) is 2.01. The molecule has 2 atom stereocenters. The van der Waals surface area contributed by atoms with Gasteiger partial charge in [0.25, 0.3) is 0 Å². The van der Waals surface area contributed by atoms with Gasteiger partial charge in [0.05, 0.1) is 0 Å². The molecule has 98 valence electrons. The van der Waals surface area contributed by atoms with Crippen molar-refractivity contribution in [1.29, 1.82) is 0 Å². The second kappa shape index (κ2) is 4.51. The second-order valence-electron chi connectivity index (χ2n) is 6.35. The van der Waals surface area contributed by atoms with E-state index in [1.165, 1.54) is 38.9 Å². The standard InChI is InChI=1S/C14H25FN2/c1-14(17-8-3-2-4-13(17)15)7-11-16-9-5-12(14)6-10-16/h12-13H,2-11H2,1H3. The number of rotatable bonds is 1. The molecule has 4 fully saturated rings. The Kier molecular flexibility index (Phi) is 3.16. The van der Waals surface area contributed by atoms with E-state index in [0.717, 1.165) is 31.7 Å². The van der Waals surface area contributed by atoms with Crippen LogP contribution < -0.4 is 0 Å². The van der Waals surface area contributed by atoms with Crippen molar-refractivity contribution in [2.75, 3.05) is 26.2 Å². The molecular formula is C14H25FN2. The second-order valence-corrected chi connectivity index (χ2v) is 6.35. The molecule has 4 rings (SSSR count). The molecule has 0 spiro atoms. The van der Waals surface area contributed by atoms with Gasteiger partial charge in [0.1, 0.15) is 0 Å². The van der Waals surface area contributed by atoms with Gasteiger partial charge in [0, 0.05) is 12.1 Å². The van der Waals surface area contributed by atoms with Gasteiger partial charge in [-0.15, -0.1) is 0 Å². The molecule has 0 radical (unpaired) electrons. The molecule has 2 unspecified atom stereocenters. The molecule has 4 aliphatic heterocycles. The number of hydrogen-bond acceptors (Lipinski definition) is 2. The van der Waals surface area contributed by atoms with Crippen molar-refractivity contribution in [3.05, 3.63) is 0 Å². The number of likely N-dealkylation sites (tertiary alicyclic amines) is 1. The largest absolute Gasteiger partial charge is 0.303 e. The molecule has 4 saturated heterocycles. The smallest absolute Gasteiger partial charge is 0.154 e. The third-order valence-electron chi connectivity index (χ3n) is 5.49. The first-order chi connectivity index (χ1) is 8.20. The molecule has 0 aromatic rings. The normalized spacial score (nSPS) is 48.0. The molecular weight excluding hydrogens is 215 g/mol. The highest BCUT2D eigenvalue weighted by atomic mass is 19.1. The molecule has 0 aromatic heterocycles. The third-order valence-corrected chi connectivity index (χ3v) is 5.49. The van der Waals surface area contributed by atoms with Crippen molar-refractivity contribution >= 4 is 0 Å². The summed E-state index contributed by atoms with van der Waals surface area (Å²) >= 11 is 0. The zero-order valence-electron chi connectivity index (χ0n) is 11.0. The van der Waals surface area contributed by atoms with Crippen LogP contribution in [0.25, 0.3) is 0 Å². The van der Waals surface area contributed by atoms with E-state index in [0.29, 0.717) is 0 Å². The monoisotopic (exact) mass is 240 g/mol. The van der Waals surface area contributed by atoms with Gasteiger partial charge in [-0.1, -0.05) is 0 Å². The minimum atomic E-state index is -0.680. The summed E-state index contributed by atoms with van der Waals surface area (Å²) in [7, 11) is 0. The van der Waals surface area contributed by atoms with E-state index in [-0.39, 0.29) is 5.54 Å². The van der Waals surface area contributed by atoms with E-state index in [1.807, 2.05) is 0 Å². The molecule has 17 heavy (non-hydrogen) atoms. The topological polar surface area (TPSA) is 6.48 Å². The van der Waals surface area contributed by atoms with Crippen LogP contribution in [0.3, 0.4) is 0 Å². The van der Waals surface area contributed by atoms with Gasteiger partial charge < -0.3 is 4.90 Å². The SMILES string of the molecule is CC1(N2CCCCC2F)CCN2CCC1CC2. The number of hydrogen-bond donors (Lipinski definition) is 0. The quantitative estimate of drug-likeness (QED) is 0.650. The van der Waals surface area contributed by atoms with Crippen molar-refractivity contribution in [2.45, 2.75) is 57.3 Å². The molecule has 0 amide bonds. The van der Waals surface area contributed by atoms with Crippen molar-refractivity contribution in [2.24, 2.45) is 5.92 Å². The van der Waals surface area contributed by atoms with Gasteiger partial charge in [-0.2, -0.15) is 0 Å². The summed E-state index contributed by atoms with van der Waals surface area (Å²) in [6.07, 6.45) is 6.06. The molecule has 0 aromatic carbocycles. The van der Waals surface area contributed by atoms with E-state index in [4.69, 9.17) is 0 Å². The average Bonchev–Trinajstić information content (AvgIpc) is 2.61. The lowest BCUT2D eigenvalue weighted by Gasteiger charge is -2.49. The number of nitrogens with zero attached hydrogens (tertiary/aromatic N) is 2. The summed E-state index contributed by atoms with van der Waals surface area (Å²) in [5.41, 5.74) is 0.130. The highest BCUT2D eigenvalue weighted by Gasteiger charge is 2.46.